The summed E-state index contributed by atoms with van der Waals surface area (Å²) in [6.45, 7) is 0. The number of aromatic nitrogens is 4. The van der Waals surface area contributed by atoms with Gasteiger partial charge in [0.25, 0.3) is 0 Å². The second-order valence-corrected chi connectivity index (χ2v) is 19.8. The molecule has 0 radical (unpaired) electrons. The molecule has 5 heteroatoms. The van der Waals surface area contributed by atoms with E-state index in [2.05, 4.69) is 235 Å². The number of benzene rings is 11. The average molecular weight is 927 g/mol. The zero-order chi connectivity index (χ0) is 47.5. The smallest absolute Gasteiger partial charge is 0.164 e. The van der Waals surface area contributed by atoms with Gasteiger partial charge in [-0.05, 0) is 120 Å². The van der Waals surface area contributed by atoms with Gasteiger partial charge in [-0.2, -0.15) is 0 Å². The van der Waals surface area contributed by atoms with Gasteiger partial charge in [0.1, 0.15) is 11.2 Å². The molecule has 11 aromatic carbocycles. The summed E-state index contributed by atoms with van der Waals surface area (Å²) in [6.07, 6.45) is 0. The zero-order valence-corrected chi connectivity index (χ0v) is 39.1. The van der Waals surface area contributed by atoms with Crippen LogP contribution < -0.4 is 0 Å². The molecule has 0 aliphatic heterocycles. The van der Waals surface area contributed by atoms with Crippen molar-refractivity contribution >= 4 is 70.8 Å². The first-order chi connectivity index (χ1) is 36.2. The molecule has 0 saturated carbocycles. The Hall–Kier alpha value is -9.71. The molecule has 73 heavy (non-hydrogen) atoms. The Bertz CT molecular complexity index is 4820. The standard InChI is InChI=1S/C68H38N4O/c1-2-15-40-36-42(31-30-39(40)14-1)41-16-11-17-43(37-41)65-69-66(44-32-33-48-47-20-5-9-26-55(47)68(56(48)38-44)53-24-7-3-18-45(53)46-19-4-8-25-54(46)68)71-67(70-65)52-23-12-28-58-61(52)51-22-13-29-59-62(51)63-60(73-59)35-34-50-49-21-6-10-27-57(49)72(58)64(50)63/h1-38H. The molecule has 5 nitrogen and oxygen atoms in total. The molecule has 4 heterocycles. The molecule has 0 atom stereocenters. The molecule has 0 N–H and O–H groups in total. The van der Waals surface area contributed by atoms with Crippen molar-refractivity contribution in [1.82, 2.24) is 19.4 Å². The van der Waals surface area contributed by atoms with E-state index in [-0.39, 0.29) is 0 Å². The van der Waals surface area contributed by atoms with E-state index in [4.69, 9.17) is 19.4 Å². The Morgan fingerprint density at radius 1 is 0.315 bits per heavy atom. The summed E-state index contributed by atoms with van der Waals surface area (Å²) in [7, 11) is 0. The van der Waals surface area contributed by atoms with Crippen molar-refractivity contribution in [3.05, 3.63) is 253 Å². The summed E-state index contributed by atoms with van der Waals surface area (Å²) in [5, 5.41) is 9.14. The number of hydrogen-bond donors (Lipinski definition) is 0. The molecule has 0 amide bonds. The van der Waals surface area contributed by atoms with Crippen molar-refractivity contribution < 1.29 is 4.42 Å². The van der Waals surface area contributed by atoms with E-state index in [0.29, 0.717) is 17.5 Å². The predicted octanol–water partition coefficient (Wildman–Crippen LogP) is 17.1. The van der Waals surface area contributed by atoms with Crippen LogP contribution in [0.15, 0.2) is 235 Å². The van der Waals surface area contributed by atoms with E-state index >= 15 is 0 Å². The van der Waals surface area contributed by atoms with Crippen LogP contribution in [0.4, 0.5) is 0 Å². The molecule has 0 unspecified atom stereocenters. The number of nitrogens with zero attached hydrogens (tertiary/aromatic N) is 4. The Balaban J connectivity index is 0.960. The average Bonchev–Trinajstić information content (AvgIpc) is 4.16. The van der Waals surface area contributed by atoms with E-state index in [0.717, 1.165) is 77.1 Å². The summed E-state index contributed by atoms with van der Waals surface area (Å²) >= 11 is 0. The van der Waals surface area contributed by atoms with Gasteiger partial charge < -0.3 is 8.82 Å². The van der Waals surface area contributed by atoms with Gasteiger partial charge in [0.15, 0.2) is 17.5 Å². The largest absolute Gasteiger partial charge is 0.456 e. The molecular weight excluding hydrogens is 889 g/mol. The fourth-order valence-electron chi connectivity index (χ4n) is 13.2. The molecule has 1 spiro atoms. The van der Waals surface area contributed by atoms with Crippen LogP contribution in [0.5, 0.6) is 0 Å². The predicted molar refractivity (Wildman–Crippen MR) is 297 cm³/mol. The van der Waals surface area contributed by atoms with Crippen LogP contribution in [-0.2, 0) is 5.41 Å². The highest BCUT2D eigenvalue weighted by Crippen LogP contribution is 2.63. The Labute approximate surface area is 418 Å². The van der Waals surface area contributed by atoms with Gasteiger partial charge in [-0.15, -0.1) is 0 Å². The quantitative estimate of drug-likeness (QED) is 0.176. The minimum Gasteiger partial charge on any atom is -0.456 e. The summed E-state index contributed by atoms with van der Waals surface area (Å²) in [6, 6.07) is 83.7. The molecular formula is C68H38N4O. The van der Waals surface area contributed by atoms with E-state index in [1.165, 1.54) is 66.1 Å². The van der Waals surface area contributed by atoms with Gasteiger partial charge in [-0.25, -0.2) is 15.0 Å². The zero-order valence-electron chi connectivity index (χ0n) is 39.1. The van der Waals surface area contributed by atoms with Crippen molar-refractivity contribution in [3.63, 3.8) is 0 Å². The van der Waals surface area contributed by atoms with Gasteiger partial charge in [-0.3, -0.25) is 0 Å². The highest BCUT2D eigenvalue weighted by molar-refractivity contribution is 6.32. The lowest BCUT2D eigenvalue weighted by molar-refractivity contribution is 0.669. The molecule has 336 valence electrons. The molecule has 2 aliphatic carbocycles. The van der Waals surface area contributed by atoms with E-state index in [9.17, 15) is 0 Å². The maximum absolute atomic E-state index is 6.70. The first kappa shape index (κ1) is 39.1. The van der Waals surface area contributed by atoms with Crippen LogP contribution in [0, 0.1) is 0 Å². The van der Waals surface area contributed by atoms with E-state index in [1.807, 2.05) is 0 Å². The maximum atomic E-state index is 6.70. The van der Waals surface area contributed by atoms with Crippen LogP contribution in [0.3, 0.4) is 0 Å². The third-order valence-corrected chi connectivity index (χ3v) is 16.2. The van der Waals surface area contributed by atoms with Crippen LogP contribution >= 0.6 is 0 Å². The highest BCUT2D eigenvalue weighted by atomic mass is 16.3. The van der Waals surface area contributed by atoms with Gasteiger partial charge >= 0.3 is 0 Å². The summed E-state index contributed by atoms with van der Waals surface area (Å²) in [5.41, 5.74) is 19.7. The van der Waals surface area contributed by atoms with E-state index in [1.54, 1.807) is 0 Å². The summed E-state index contributed by atoms with van der Waals surface area (Å²) < 4.78 is 9.14. The molecule has 0 bridgehead atoms. The van der Waals surface area contributed by atoms with Crippen molar-refractivity contribution in [2.24, 2.45) is 0 Å². The van der Waals surface area contributed by atoms with Gasteiger partial charge in [0, 0.05) is 38.2 Å². The molecule has 0 fully saturated rings. The van der Waals surface area contributed by atoms with Crippen molar-refractivity contribution in [2.75, 3.05) is 0 Å². The molecule has 2 aliphatic rings. The van der Waals surface area contributed by atoms with Crippen LogP contribution in [-0.4, -0.2) is 19.4 Å². The monoisotopic (exact) mass is 926 g/mol. The Morgan fingerprint density at radius 2 is 0.877 bits per heavy atom. The summed E-state index contributed by atoms with van der Waals surface area (Å²) in [5.74, 6) is 1.81. The van der Waals surface area contributed by atoms with Crippen LogP contribution in [0.1, 0.15) is 22.3 Å². The van der Waals surface area contributed by atoms with Crippen LogP contribution in [0.2, 0.25) is 0 Å². The SMILES string of the molecule is c1cc(-c2ccc3ccccc3c2)cc(-c2nc(-c3ccc4c(c3)C3(c5ccccc5-c5ccccc53)c3ccccc3-4)nc(-c3cccc4c3c3cccc5oc6ccc7c8ccccc8n4c7c6c53)n2)c1. The number of rotatable bonds is 4. The first-order valence-electron chi connectivity index (χ1n) is 25.0. The molecule has 15 aromatic rings. The van der Waals surface area contributed by atoms with Crippen molar-refractivity contribution in [3.8, 4) is 67.5 Å². The lowest BCUT2D eigenvalue weighted by atomic mass is 9.70. The maximum Gasteiger partial charge on any atom is 0.164 e. The second-order valence-electron chi connectivity index (χ2n) is 19.8. The fraction of sp³-hybridized carbons (Fsp3) is 0.0147. The second kappa shape index (κ2) is 14.2. The lowest BCUT2D eigenvalue weighted by Crippen LogP contribution is -2.25. The van der Waals surface area contributed by atoms with Crippen molar-refractivity contribution in [2.45, 2.75) is 5.41 Å². The van der Waals surface area contributed by atoms with E-state index < -0.39 is 5.41 Å². The normalized spacial score (nSPS) is 13.3. The number of hydrogen-bond acceptors (Lipinski definition) is 4. The molecule has 17 rings (SSSR count). The number of para-hydroxylation sites is 1. The first-order valence-corrected chi connectivity index (χ1v) is 25.0. The van der Waals surface area contributed by atoms with Gasteiger partial charge in [0.2, 0.25) is 0 Å². The van der Waals surface area contributed by atoms with Crippen LogP contribution in [0.25, 0.3) is 138 Å². The fourth-order valence-corrected chi connectivity index (χ4v) is 13.2. The van der Waals surface area contributed by atoms with Gasteiger partial charge in [-0.1, -0.05) is 182 Å². The minimum absolute atomic E-state index is 0.521. The van der Waals surface area contributed by atoms with Gasteiger partial charge in [0.05, 0.1) is 27.4 Å². The highest BCUT2D eigenvalue weighted by Gasteiger charge is 2.51. The van der Waals surface area contributed by atoms with Crippen molar-refractivity contribution in [1.29, 1.82) is 0 Å². The number of fused-ring (bicyclic) bond motifs is 17. The lowest BCUT2D eigenvalue weighted by Gasteiger charge is -2.30. The molecule has 0 saturated heterocycles. The summed E-state index contributed by atoms with van der Waals surface area (Å²) in [4.78, 5) is 16.7. The number of furan rings is 1. The minimum atomic E-state index is -0.521. The molecule has 4 aromatic heterocycles. The topological polar surface area (TPSA) is 56.2 Å². The Morgan fingerprint density at radius 3 is 1.67 bits per heavy atom. The third kappa shape index (κ3) is 5.12. The Kier molecular flexibility index (Phi) is 7.61. The third-order valence-electron chi connectivity index (χ3n) is 16.2.